The highest BCUT2D eigenvalue weighted by atomic mass is 16.6. The molecule has 2 heterocycles. The Hall–Kier alpha value is -1.91. The van der Waals surface area contributed by atoms with Crippen LogP contribution in [0.15, 0.2) is 12.1 Å². The predicted molar refractivity (Wildman–Crippen MR) is 82.5 cm³/mol. The fourth-order valence-electron chi connectivity index (χ4n) is 3.79. The first-order valence-electron chi connectivity index (χ1n) is 7.67. The molecule has 5 nitrogen and oxygen atoms in total. The highest BCUT2D eigenvalue weighted by Crippen LogP contribution is 2.53. The van der Waals surface area contributed by atoms with Gasteiger partial charge in [-0.15, -0.1) is 0 Å². The van der Waals surface area contributed by atoms with Gasteiger partial charge >= 0.3 is 6.09 Å². The zero-order chi connectivity index (χ0) is 16.1. The summed E-state index contributed by atoms with van der Waals surface area (Å²) < 4.78 is 16.6. The van der Waals surface area contributed by atoms with Crippen molar-refractivity contribution in [1.29, 1.82) is 0 Å². The third-order valence-electron chi connectivity index (χ3n) is 5.52. The van der Waals surface area contributed by atoms with E-state index < -0.39 is 11.1 Å². The van der Waals surface area contributed by atoms with Crippen LogP contribution in [-0.4, -0.2) is 37.4 Å². The smallest absolute Gasteiger partial charge is 0.411 e. The Balaban J connectivity index is 2.24. The summed E-state index contributed by atoms with van der Waals surface area (Å²) in [6, 6.07) is 4.02. The zero-order valence-electron chi connectivity index (χ0n) is 13.9. The lowest BCUT2D eigenvalue weighted by molar-refractivity contribution is -0.00129. The number of cyclic esters (lactones) is 1. The minimum Gasteiger partial charge on any atom is -0.493 e. The highest BCUT2D eigenvalue weighted by molar-refractivity contribution is 5.75. The number of ether oxygens (including phenoxy) is 3. The molecule has 0 radical (unpaired) electrons. The summed E-state index contributed by atoms with van der Waals surface area (Å²) in [7, 11) is 3.27. The van der Waals surface area contributed by atoms with E-state index in [2.05, 4.69) is 13.8 Å². The molecular formula is C17H23NO4. The number of hydrogen-bond acceptors (Lipinski definition) is 4. The second kappa shape index (κ2) is 4.80. The lowest BCUT2D eigenvalue weighted by Crippen LogP contribution is -2.55. The molecule has 1 amide bonds. The number of rotatable bonds is 3. The van der Waals surface area contributed by atoms with E-state index in [1.165, 1.54) is 5.56 Å². The first-order chi connectivity index (χ1) is 10.4. The third kappa shape index (κ3) is 1.68. The van der Waals surface area contributed by atoms with Gasteiger partial charge < -0.3 is 14.2 Å². The highest BCUT2D eigenvalue weighted by Gasteiger charge is 2.61. The molecule has 2 atom stereocenters. The number of carbonyl (C=O) groups is 1. The molecule has 1 aromatic rings. The molecule has 0 spiro atoms. The van der Waals surface area contributed by atoms with Gasteiger partial charge in [-0.2, -0.15) is 0 Å². The SMILES string of the molecule is CC[C@@]1(C)OC(=O)N2CCc3cc(OC)c(OC)cc3[C@@]21C. The van der Waals surface area contributed by atoms with Crippen molar-refractivity contribution in [2.24, 2.45) is 0 Å². The molecule has 1 aromatic carbocycles. The lowest BCUT2D eigenvalue weighted by atomic mass is 9.71. The van der Waals surface area contributed by atoms with Gasteiger partial charge in [0.05, 0.1) is 14.2 Å². The average Bonchev–Trinajstić information content (AvgIpc) is 2.73. The molecule has 0 bridgehead atoms. The van der Waals surface area contributed by atoms with Crippen molar-refractivity contribution in [2.75, 3.05) is 20.8 Å². The largest absolute Gasteiger partial charge is 0.493 e. The lowest BCUT2D eigenvalue weighted by Gasteiger charge is -2.46. The van der Waals surface area contributed by atoms with Crippen LogP contribution in [0, 0.1) is 0 Å². The first-order valence-corrected chi connectivity index (χ1v) is 7.67. The Morgan fingerprint density at radius 3 is 2.45 bits per heavy atom. The second-order valence-electron chi connectivity index (χ2n) is 6.29. The Kier molecular flexibility index (Phi) is 3.27. The van der Waals surface area contributed by atoms with Crippen molar-refractivity contribution in [3.05, 3.63) is 23.3 Å². The molecule has 2 aliphatic heterocycles. The number of amides is 1. The molecule has 0 aliphatic carbocycles. The van der Waals surface area contributed by atoms with Gasteiger partial charge in [0.25, 0.3) is 0 Å². The molecule has 1 fully saturated rings. The van der Waals surface area contributed by atoms with Crippen LogP contribution in [-0.2, 0) is 16.7 Å². The normalized spacial score (nSPS) is 29.7. The van der Waals surface area contributed by atoms with Gasteiger partial charge in [-0.1, -0.05) is 6.92 Å². The van der Waals surface area contributed by atoms with Gasteiger partial charge in [0.1, 0.15) is 11.1 Å². The standard InChI is InChI=1S/C17H23NO4/c1-6-16(2)17(3)12-10-14(21-5)13(20-4)9-11(12)7-8-18(17)15(19)22-16/h9-10H,6-8H2,1-5H3/t16-,17-/m1/s1. The van der Waals surface area contributed by atoms with Crippen molar-refractivity contribution in [3.63, 3.8) is 0 Å². The maximum absolute atomic E-state index is 12.3. The van der Waals surface area contributed by atoms with Crippen molar-refractivity contribution in [2.45, 2.75) is 44.8 Å². The van der Waals surface area contributed by atoms with Crippen LogP contribution >= 0.6 is 0 Å². The van der Waals surface area contributed by atoms with Crippen LogP contribution in [0.5, 0.6) is 11.5 Å². The molecule has 1 saturated heterocycles. The molecule has 0 saturated carbocycles. The first kappa shape index (κ1) is 15.0. The second-order valence-corrected chi connectivity index (χ2v) is 6.29. The maximum atomic E-state index is 12.3. The van der Waals surface area contributed by atoms with E-state index >= 15 is 0 Å². The number of benzene rings is 1. The molecule has 5 heteroatoms. The van der Waals surface area contributed by atoms with E-state index in [9.17, 15) is 4.79 Å². The molecule has 0 N–H and O–H groups in total. The third-order valence-corrected chi connectivity index (χ3v) is 5.52. The number of methoxy groups -OCH3 is 2. The van der Waals surface area contributed by atoms with Gasteiger partial charge in [0, 0.05) is 6.54 Å². The summed E-state index contributed by atoms with van der Waals surface area (Å²) >= 11 is 0. The van der Waals surface area contributed by atoms with Gasteiger partial charge in [0.2, 0.25) is 0 Å². The van der Waals surface area contributed by atoms with Gasteiger partial charge in [-0.05, 0) is 49.9 Å². The van der Waals surface area contributed by atoms with Crippen molar-refractivity contribution in [1.82, 2.24) is 4.90 Å². The topological polar surface area (TPSA) is 48.0 Å². The van der Waals surface area contributed by atoms with E-state index in [1.54, 1.807) is 14.2 Å². The Morgan fingerprint density at radius 2 is 1.86 bits per heavy atom. The molecule has 0 aromatic heterocycles. The van der Waals surface area contributed by atoms with Crippen LogP contribution in [0.3, 0.4) is 0 Å². The van der Waals surface area contributed by atoms with Crippen LogP contribution in [0.1, 0.15) is 38.3 Å². The van der Waals surface area contributed by atoms with E-state index in [-0.39, 0.29) is 6.09 Å². The number of fused-ring (bicyclic) bond motifs is 3. The van der Waals surface area contributed by atoms with Gasteiger partial charge in [-0.3, -0.25) is 4.90 Å². The molecule has 0 unspecified atom stereocenters. The summed E-state index contributed by atoms with van der Waals surface area (Å²) in [5.74, 6) is 1.41. The number of nitrogens with zero attached hydrogens (tertiary/aromatic N) is 1. The average molecular weight is 305 g/mol. The molecule has 120 valence electrons. The van der Waals surface area contributed by atoms with E-state index in [1.807, 2.05) is 24.0 Å². The molecular weight excluding hydrogens is 282 g/mol. The van der Waals surface area contributed by atoms with Crippen LogP contribution in [0.4, 0.5) is 4.79 Å². The van der Waals surface area contributed by atoms with E-state index in [4.69, 9.17) is 14.2 Å². The molecule has 2 aliphatic rings. The van der Waals surface area contributed by atoms with Crippen LogP contribution < -0.4 is 9.47 Å². The monoisotopic (exact) mass is 305 g/mol. The summed E-state index contributed by atoms with van der Waals surface area (Å²) in [6.07, 6.45) is 1.31. The fraction of sp³-hybridized carbons (Fsp3) is 0.588. The predicted octanol–water partition coefficient (Wildman–Crippen LogP) is 3.10. The Labute approximate surface area is 131 Å². The van der Waals surface area contributed by atoms with Crippen molar-refractivity contribution in [3.8, 4) is 11.5 Å². The van der Waals surface area contributed by atoms with Crippen LogP contribution in [0.2, 0.25) is 0 Å². The molecule has 22 heavy (non-hydrogen) atoms. The van der Waals surface area contributed by atoms with Crippen LogP contribution in [0.25, 0.3) is 0 Å². The quantitative estimate of drug-likeness (QED) is 0.861. The van der Waals surface area contributed by atoms with Crippen molar-refractivity contribution < 1.29 is 19.0 Å². The Morgan fingerprint density at radius 1 is 1.23 bits per heavy atom. The number of carbonyl (C=O) groups excluding carboxylic acids is 1. The summed E-state index contributed by atoms with van der Waals surface area (Å²) in [5.41, 5.74) is 1.23. The zero-order valence-corrected chi connectivity index (χ0v) is 13.9. The number of hydrogen-bond donors (Lipinski definition) is 0. The molecule has 3 rings (SSSR count). The maximum Gasteiger partial charge on any atom is 0.411 e. The minimum absolute atomic E-state index is 0.229. The van der Waals surface area contributed by atoms with Gasteiger partial charge in [-0.25, -0.2) is 4.79 Å². The summed E-state index contributed by atoms with van der Waals surface area (Å²) in [4.78, 5) is 14.2. The van der Waals surface area contributed by atoms with Gasteiger partial charge in [0.15, 0.2) is 11.5 Å². The van der Waals surface area contributed by atoms with E-state index in [0.29, 0.717) is 12.3 Å². The Bertz CT molecular complexity index is 629. The van der Waals surface area contributed by atoms with E-state index in [0.717, 1.165) is 24.2 Å². The fourth-order valence-corrected chi connectivity index (χ4v) is 3.79. The summed E-state index contributed by atoms with van der Waals surface area (Å²) in [5, 5.41) is 0. The van der Waals surface area contributed by atoms with Crippen molar-refractivity contribution >= 4 is 6.09 Å². The minimum atomic E-state index is -0.557. The summed E-state index contributed by atoms with van der Waals surface area (Å²) in [6.45, 7) is 6.81.